The molecule has 1 unspecified atom stereocenters. The second-order valence-electron chi connectivity index (χ2n) is 4.46. The number of nitriles is 1. The summed E-state index contributed by atoms with van der Waals surface area (Å²) in [6.45, 7) is 3.10. The van der Waals surface area contributed by atoms with E-state index in [-0.39, 0.29) is 0 Å². The summed E-state index contributed by atoms with van der Waals surface area (Å²) in [5, 5.41) is 9.60. The molecule has 0 bridgehead atoms. The number of halogens is 1. The van der Waals surface area contributed by atoms with E-state index in [0.29, 0.717) is 16.7 Å². The van der Waals surface area contributed by atoms with Crippen molar-refractivity contribution in [1.29, 1.82) is 5.26 Å². The van der Waals surface area contributed by atoms with Crippen molar-refractivity contribution in [2.45, 2.75) is 31.0 Å². The number of rotatable bonds is 5. The van der Waals surface area contributed by atoms with Crippen molar-refractivity contribution in [2.24, 2.45) is 0 Å². The van der Waals surface area contributed by atoms with Gasteiger partial charge >= 0.3 is 0 Å². The molecule has 0 amide bonds. The highest BCUT2D eigenvalue weighted by molar-refractivity contribution is 7.99. The quantitative estimate of drug-likeness (QED) is 0.788. The normalized spacial score (nSPS) is 12.5. The number of hydrogen-bond donors (Lipinski definition) is 0. The van der Waals surface area contributed by atoms with Crippen molar-refractivity contribution in [2.75, 3.05) is 6.26 Å². The number of hydrogen-bond acceptors (Lipinski definition) is 3. The highest BCUT2D eigenvalue weighted by Gasteiger charge is 2.11. The highest BCUT2D eigenvalue weighted by Crippen LogP contribution is 2.21. The maximum atomic E-state index is 9.00. The Kier molecular flexibility index (Phi) is 4.73. The molecule has 19 heavy (non-hydrogen) atoms. The summed E-state index contributed by atoms with van der Waals surface area (Å²) in [5.74, 6) is 1.27. The van der Waals surface area contributed by atoms with Gasteiger partial charge < -0.3 is 4.57 Å². The van der Waals surface area contributed by atoms with Gasteiger partial charge in [-0.15, -0.1) is 11.6 Å². The molecule has 1 aromatic carbocycles. The first kappa shape index (κ1) is 14.2. The second-order valence-corrected chi connectivity index (χ2v) is 6.01. The Bertz CT molecular complexity index is 615. The number of benzene rings is 1. The first-order valence-electron chi connectivity index (χ1n) is 6.17. The van der Waals surface area contributed by atoms with E-state index in [0.717, 1.165) is 29.8 Å². The monoisotopic (exact) mass is 293 g/mol. The summed E-state index contributed by atoms with van der Waals surface area (Å²) < 4.78 is 2.13. The van der Waals surface area contributed by atoms with Crippen LogP contribution in [0.15, 0.2) is 18.2 Å². The number of fused-ring (bicyclic) bond motifs is 1. The summed E-state index contributed by atoms with van der Waals surface area (Å²) in [5.41, 5.74) is 2.57. The molecule has 3 nitrogen and oxygen atoms in total. The van der Waals surface area contributed by atoms with E-state index in [1.54, 1.807) is 6.07 Å². The van der Waals surface area contributed by atoms with Crippen LogP contribution in [0.1, 0.15) is 24.7 Å². The lowest BCUT2D eigenvalue weighted by Crippen LogP contribution is -2.07. The summed E-state index contributed by atoms with van der Waals surface area (Å²) in [4.78, 5) is 4.53. The van der Waals surface area contributed by atoms with Crippen molar-refractivity contribution < 1.29 is 0 Å². The molecule has 0 aliphatic heterocycles. The van der Waals surface area contributed by atoms with E-state index in [4.69, 9.17) is 16.9 Å². The molecule has 5 heteroatoms. The van der Waals surface area contributed by atoms with E-state index in [9.17, 15) is 0 Å². The standard InChI is InChI=1S/C14H16ClN3S/c1-10(19-2)5-6-18-13-7-11(9-16)3-4-12(13)17-14(18)8-15/h3-4,7,10H,5-6,8H2,1-2H3. The Labute approximate surface area is 122 Å². The highest BCUT2D eigenvalue weighted by atomic mass is 35.5. The fourth-order valence-corrected chi connectivity index (χ4v) is 2.57. The zero-order valence-corrected chi connectivity index (χ0v) is 12.6. The minimum absolute atomic E-state index is 0.393. The summed E-state index contributed by atoms with van der Waals surface area (Å²) in [6.07, 6.45) is 3.18. The van der Waals surface area contributed by atoms with E-state index < -0.39 is 0 Å². The van der Waals surface area contributed by atoms with Gasteiger partial charge in [-0.25, -0.2) is 4.98 Å². The molecule has 2 aromatic rings. The molecule has 0 saturated heterocycles. The molecule has 0 radical (unpaired) electrons. The van der Waals surface area contributed by atoms with E-state index in [1.165, 1.54) is 0 Å². The topological polar surface area (TPSA) is 41.6 Å². The molecule has 100 valence electrons. The lowest BCUT2D eigenvalue weighted by molar-refractivity contribution is 0.636. The smallest absolute Gasteiger partial charge is 0.124 e. The number of nitrogens with zero attached hydrogens (tertiary/aromatic N) is 3. The fraction of sp³-hybridized carbons (Fsp3) is 0.429. The number of alkyl halides is 1. The fourth-order valence-electron chi connectivity index (χ4n) is 2.02. The number of aryl methyl sites for hydroxylation is 1. The molecule has 0 N–H and O–H groups in total. The van der Waals surface area contributed by atoms with Crippen LogP contribution in [0.2, 0.25) is 0 Å². The Morgan fingerprint density at radius 3 is 2.95 bits per heavy atom. The van der Waals surface area contributed by atoms with Crippen molar-refractivity contribution in [3.63, 3.8) is 0 Å². The summed E-state index contributed by atoms with van der Waals surface area (Å²) >= 11 is 7.83. The van der Waals surface area contributed by atoms with Gasteiger partial charge in [-0.3, -0.25) is 0 Å². The summed E-state index contributed by atoms with van der Waals surface area (Å²) in [7, 11) is 0. The molecular formula is C14H16ClN3S. The molecule has 0 saturated carbocycles. The first-order chi connectivity index (χ1) is 9.19. The lowest BCUT2D eigenvalue weighted by Gasteiger charge is -2.11. The Hall–Kier alpha value is -1.18. The van der Waals surface area contributed by atoms with Crippen LogP contribution < -0.4 is 0 Å². The van der Waals surface area contributed by atoms with Crippen LogP contribution in [0.25, 0.3) is 11.0 Å². The number of thioether (sulfide) groups is 1. The first-order valence-corrected chi connectivity index (χ1v) is 8.00. The van der Waals surface area contributed by atoms with Crippen LogP contribution in [0.5, 0.6) is 0 Å². The molecule has 1 heterocycles. The van der Waals surface area contributed by atoms with Gasteiger partial charge in [0.05, 0.1) is 28.5 Å². The van der Waals surface area contributed by atoms with Crippen LogP contribution in [-0.2, 0) is 12.4 Å². The van der Waals surface area contributed by atoms with Crippen LogP contribution in [0.3, 0.4) is 0 Å². The molecule has 1 aromatic heterocycles. The Morgan fingerprint density at radius 2 is 2.32 bits per heavy atom. The minimum Gasteiger partial charge on any atom is -0.327 e. The zero-order valence-electron chi connectivity index (χ0n) is 11.1. The number of imidazole rings is 1. The van der Waals surface area contributed by atoms with Crippen molar-refractivity contribution >= 4 is 34.4 Å². The van der Waals surface area contributed by atoms with Gasteiger partial charge in [0.25, 0.3) is 0 Å². The van der Waals surface area contributed by atoms with E-state index in [1.807, 2.05) is 23.9 Å². The van der Waals surface area contributed by atoms with Gasteiger partial charge in [0.2, 0.25) is 0 Å². The molecular weight excluding hydrogens is 278 g/mol. The maximum Gasteiger partial charge on any atom is 0.124 e. The molecule has 0 fully saturated rings. The molecule has 2 rings (SSSR count). The third kappa shape index (κ3) is 3.05. The largest absolute Gasteiger partial charge is 0.327 e. The molecule has 0 aliphatic rings. The minimum atomic E-state index is 0.393. The lowest BCUT2D eigenvalue weighted by atomic mass is 10.2. The van der Waals surface area contributed by atoms with Crippen molar-refractivity contribution in [3.8, 4) is 6.07 Å². The van der Waals surface area contributed by atoms with Gasteiger partial charge in [-0.05, 0) is 30.9 Å². The summed E-state index contributed by atoms with van der Waals surface area (Å²) in [6, 6.07) is 7.74. The van der Waals surface area contributed by atoms with Gasteiger partial charge in [0, 0.05) is 11.8 Å². The predicted molar refractivity (Wildman–Crippen MR) is 81.6 cm³/mol. The second kappa shape index (κ2) is 6.31. The Morgan fingerprint density at radius 1 is 1.53 bits per heavy atom. The zero-order chi connectivity index (χ0) is 13.8. The van der Waals surface area contributed by atoms with Gasteiger partial charge in [0.15, 0.2) is 0 Å². The van der Waals surface area contributed by atoms with Crippen LogP contribution in [0, 0.1) is 11.3 Å². The predicted octanol–water partition coefficient (Wildman–Crippen LogP) is 3.79. The van der Waals surface area contributed by atoms with Crippen LogP contribution in [0.4, 0.5) is 0 Å². The average molecular weight is 294 g/mol. The van der Waals surface area contributed by atoms with Gasteiger partial charge in [0.1, 0.15) is 5.82 Å². The third-order valence-electron chi connectivity index (χ3n) is 3.24. The van der Waals surface area contributed by atoms with Gasteiger partial charge in [-0.1, -0.05) is 6.92 Å². The van der Waals surface area contributed by atoms with Crippen molar-refractivity contribution in [3.05, 3.63) is 29.6 Å². The van der Waals surface area contributed by atoms with E-state index >= 15 is 0 Å². The SMILES string of the molecule is CSC(C)CCn1c(CCl)nc2ccc(C#N)cc21. The maximum absolute atomic E-state index is 9.00. The van der Waals surface area contributed by atoms with Crippen molar-refractivity contribution in [1.82, 2.24) is 9.55 Å². The molecule has 0 aliphatic carbocycles. The third-order valence-corrected chi connectivity index (χ3v) is 4.52. The number of aromatic nitrogens is 2. The average Bonchev–Trinajstić information content (AvgIpc) is 2.81. The molecule has 0 spiro atoms. The van der Waals surface area contributed by atoms with Crippen LogP contribution >= 0.6 is 23.4 Å². The van der Waals surface area contributed by atoms with E-state index in [2.05, 4.69) is 28.8 Å². The molecule has 1 atom stereocenters. The van der Waals surface area contributed by atoms with Gasteiger partial charge in [-0.2, -0.15) is 17.0 Å². The van der Waals surface area contributed by atoms with Crippen LogP contribution in [-0.4, -0.2) is 21.1 Å². The Balaban J connectivity index is 2.41.